The first-order valence-electron chi connectivity index (χ1n) is 6.28. The molecule has 6 nitrogen and oxygen atoms in total. The van der Waals surface area contributed by atoms with Crippen LogP contribution in [0.5, 0.6) is 0 Å². The average molecular weight is 260 g/mol. The number of rotatable bonds is 1. The molecule has 0 aromatic heterocycles. The monoisotopic (exact) mass is 260 g/mol. The number of aliphatic hydroxyl groups excluding tert-OH is 1. The maximum absolute atomic E-state index is 10.3. The van der Waals surface area contributed by atoms with Gasteiger partial charge in [-0.3, -0.25) is 0 Å². The molecule has 0 bridgehead atoms. The molecule has 18 heavy (non-hydrogen) atoms. The summed E-state index contributed by atoms with van der Waals surface area (Å²) in [5, 5.41) is 10.3. The smallest absolute Gasteiger partial charge is 0.190 e. The van der Waals surface area contributed by atoms with E-state index in [1.807, 2.05) is 13.8 Å². The summed E-state index contributed by atoms with van der Waals surface area (Å²) < 4.78 is 28.1. The van der Waals surface area contributed by atoms with Crippen LogP contribution in [0.4, 0.5) is 0 Å². The highest BCUT2D eigenvalue weighted by atomic mass is 16.8. The van der Waals surface area contributed by atoms with Gasteiger partial charge < -0.3 is 28.8 Å². The largest absolute Gasteiger partial charge is 0.387 e. The maximum Gasteiger partial charge on any atom is 0.190 e. The number of hydrogen-bond donors (Lipinski definition) is 1. The van der Waals surface area contributed by atoms with Crippen LogP contribution in [0.2, 0.25) is 0 Å². The third-order valence-electron chi connectivity index (χ3n) is 3.45. The van der Waals surface area contributed by atoms with Crippen molar-refractivity contribution in [3.63, 3.8) is 0 Å². The number of ether oxygens (including phenoxy) is 5. The summed E-state index contributed by atoms with van der Waals surface area (Å²) in [6.07, 6.45) is -2.53. The van der Waals surface area contributed by atoms with Gasteiger partial charge in [0.05, 0.1) is 6.61 Å². The van der Waals surface area contributed by atoms with Crippen molar-refractivity contribution in [3.05, 3.63) is 0 Å². The van der Waals surface area contributed by atoms with Crippen LogP contribution in [0.1, 0.15) is 27.7 Å². The Labute approximate surface area is 106 Å². The molecule has 3 heterocycles. The normalized spacial score (nSPS) is 49.5. The molecule has 0 aliphatic carbocycles. The lowest BCUT2D eigenvalue weighted by Crippen LogP contribution is -2.42. The van der Waals surface area contributed by atoms with E-state index in [1.54, 1.807) is 13.8 Å². The van der Waals surface area contributed by atoms with Gasteiger partial charge in [-0.2, -0.15) is 0 Å². The third-order valence-corrected chi connectivity index (χ3v) is 3.45. The van der Waals surface area contributed by atoms with Gasteiger partial charge in [-0.05, 0) is 27.7 Å². The SMILES string of the molecule is CC1(C)OC[C@@H]([C@@H]2OC3OC(C)(C)O[C@H]3[C@H]2O)O1. The second-order valence-electron chi connectivity index (χ2n) is 5.93. The van der Waals surface area contributed by atoms with E-state index in [4.69, 9.17) is 23.7 Å². The minimum absolute atomic E-state index is 0.295. The topological polar surface area (TPSA) is 66.4 Å². The Kier molecular flexibility index (Phi) is 2.75. The van der Waals surface area contributed by atoms with Crippen LogP contribution in [-0.4, -0.2) is 54.0 Å². The predicted octanol–water partition coefficient (Wildman–Crippen LogP) is 0.375. The zero-order valence-corrected chi connectivity index (χ0v) is 11.1. The van der Waals surface area contributed by atoms with Gasteiger partial charge in [0.25, 0.3) is 0 Å². The van der Waals surface area contributed by atoms with E-state index < -0.39 is 36.2 Å². The van der Waals surface area contributed by atoms with E-state index in [0.29, 0.717) is 6.61 Å². The molecule has 3 saturated heterocycles. The van der Waals surface area contributed by atoms with Crippen molar-refractivity contribution in [1.29, 1.82) is 0 Å². The van der Waals surface area contributed by atoms with Gasteiger partial charge in [0.1, 0.15) is 24.4 Å². The molecule has 3 fully saturated rings. The molecule has 104 valence electrons. The minimum atomic E-state index is -0.765. The zero-order valence-electron chi connectivity index (χ0n) is 11.1. The first-order valence-corrected chi connectivity index (χ1v) is 6.28. The molecule has 0 saturated carbocycles. The van der Waals surface area contributed by atoms with Crippen LogP contribution in [0.15, 0.2) is 0 Å². The zero-order chi connectivity index (χ0) is 13.1. The lowest BCUT2D eigenvalue weighted by molar-refractivity contribution is -0.232. The molecule has 0 amide bonds. The van der Waals surface area contributed by atoms with Crippen LogP contribution in [0.3, 0.4) is 0 Å². The predicted molar refractivity (Wildman–Crippen MR) is 59.6 cm³/mol. The number of aliphatic hydroxyl groups is 1. The number of hydrogen-bond acceptors (Lipinski definition) is 6. The highest BCUT2D eigenvalue weighted by Gasteiger charge is 2.57. The first-order chi connectivity index (χ1) is 8.27. The van der Waals surface area contributed by atoms with E-state index in [2.05, 4.69) is 0 Å². The fourth-order valence-electron chi connectivity index (χ4n) is 2.70. The number of fused-ring (bicyclic) bond motifs is 1. The highest BCUT2D eigenvalue weighted by molar-refractivity contribution is 4.97. The lowest BCUT2D eigenvalue weighted by atomic mass is 10.1. The Morgan fingerprint density at radius 1 is 0.944 bits per heavy atom. The molecule has 6 heteroatoms. The van der Waals surface area contributed by atoms with Crippen molar-refractivity contribution in [2.24, 2.45) is 0 Å². The molecule has 1 N–H and O–H groups in total. The summed E-state index contributed by atoms with van der Waals surface area (Å²) in [5.41, 5.74) is 0. The van der Waals surface area contributed by atoms with Gasteiger partial charge in [0.2, 0.25) is 0 Å². The fourth-order valence-corrected chi connectivity index (χ4v) is 2.70. The summed E-state index contributed by atoms with van der Waals surface area (Å²) >= 11 is 0. The molecule has 1 unspecified atom stereocenters. The summed E-state index contributed by atoms with van der Waals surface area (Å²) in [7, 11) is 0. The van der Waals surface area contributed by atoms with Gasteiger partial charge >= 0.3 is 0 Å². The minimum Gasteiger partial charge on any atom is -0.387 e. The summed E-state index contributed by atoms with van der Waals surface area (Å²) in [6.45, 7) is 7.68. The summed E-state index contributed by atoms with van der Waals surface area (Å²) in [6, 6.07) is 0. The lowest BCUT2D eigenvalue weighted by Gasteiger charge is -2.26. The van der Waals surface area contributed by atoms with E-state index >= 15 is 0 Å². The molecule has 3 rings (SSSR count). The standard InChI is InChI=1S/C12H20O6/c1-11(2)14-5-6(16-11)8-7(13)9-10(15-8)18-12(3,4)17-9/h6-10,13H,5H2,1-4H3/t6-,7-,8-,9-,10?/m0/s1. The molecular formula is C12H20O6. The van der Waals surface area contributed by atoms with Gasteiger partial charge in [-0.15, -0.1) is 0 Å². The van der Waals surface area contributed by atoms with Crippen molar-refractivity contribution >= 4 is 0 Å². The van der Waals surface area contributed by atoms with Crippen LogP contribution < -0.4 is 0 Å². The maximum atomic E-state index is 10.3. The van der Waals surface area contributed by atoms with Crippen molar-refractivity contribution in [2.45, 2.75) is 70.0 Å². The molecular weight excluding hydrogens is 240 g/mol. The van der Waals surface area contributed by atoms with E-state index in [9.17, 15) is 5.11 Å². The van der Waals surface area contributed by atoms with E-state index in [0.717, 1.165) is 0 Å². The fraction of sp³-hybridized carbons (Fsp3) is 1.00. The van der Waals surface area contributed by atoms with E-state index in [1.165, 1.54) is 0 Å². The Morgan fingerprint density at radius 2 is 1.67 bits per heavy atom. The third kappa shape index (κ3) is 2.07. The Bertz CT molecular complexity index is 341. The molecule has 3 aliphatic heterocycles. The van der Waals surface area contributed by atoms with Crippen molar-refractivity contribution < 1.29 is 28.8 Å². The van der Waals surface area contributed by atoms with Crippen molar-refractivity contribution in [1.82, 2.24) is 0 Å². The molecule has 0 spiro atoms. The molecule has 3 aliphatic rings. The van der Waals surface area contributed by atoms with Crippen molar-refractivity contribution in [3.8, 4) is 0 Å². The second kappa shape index (κ2) is 3.88. The first kappa shape index (κ1) is 12.8. The summed E-state index contributed by atoms with van der Waals surface area (Å²) in [4.78, 5) is 0. The molecule has 5 atom stereocenters. The van der Waals surface area contributed by atoms with Crippen LogP contribution in [0.25, 0.3) is 0 Å². The van der Waals surface area contributed by atoms with Gasteiger partial charge in [0.15, 0.2) is 17.9 Å². The van der Waals surface area contributed by atoms with Gasteiger partial charge in [0, 0.05) is 0 Å². The Morgan fingerprint density at radius 3 is 2.22 bits per heavy atom. The van der Waals surface area contributed by atoms with Gasteiger partial charge in [-0.25, -0.2) is 0 Å². The average Bonchev–Trinajstić information content (AvgIpc) is 2.81. The quantitative estimate of drug-likeness (QED) is 0.735. The van der Waals surface area contributed by atoms with Crippen LogP contribution in [-0.2, 0) is 23.7 Å². The Balaban J connectivity index is 1.68. The highest BCUT2D eigenvalue weighted by Crippen LogP contribution is 2.40. The van der Waals surface area contributed by atoms with Crippen LogP contribution in [0, 0.1) is 0 Å². The molecule has 0 aromatic rings. The van der Waals surface area contributed by atoms with Gasteiger partial charge in [-0.1, -0.05) is 0 Å². The van der Waals surface area contributed by atoms with E-state index in [-0.39, 0.29) is 6.10 Å². The molecule has 0 radical (unpaired) electrons. The second-order valence-corrected chi connectivity index (χ2v) is 5.93. The van der Waals surface area contributed by atoms with Crippen LogP contribution >= 0.6 is 0 Å². The van der Waals surface area contributed by atoms with Crippen molar-refractivity contribution in [2.75, 3.05) is 6.61 Å². The Hall–Kier alpha value is -0.240. The summed E-state index contributed by atoms with van der Waals surface area (Å²) in [5.74, 6) is -1.35. The molecule has 0 aromatic carbocycles.